The van der Waals surface area contributed by atoms with Crippen LogP contribution in [-0.2, 0) is 4.79 Å². The molecule has 0 radical (unpaired) electrons. The lowest BCUT2D eigenvalue weighted by atomic mass is 9.80. The van der Waals surface area contributed by atoms with Gasteiger partial charge in [0.25, 0.3) is 0 Å². The van der Waals surface area contributed by atoms with Crippen LogP contribution < -0.4 is 0 Å². The van der Waals surface area contributed by atoms with E-state index in [2.05, 4.69) is 4.98 Å². The highest BCUT2D eigenvalue weighted by molar-refractivity contribution is 6.29. The summed E-state index contributed by atoms with van der Waals surface area (Å²) in [5, 5.41) is 19.3. The van der Waals surface area contributed by atoms with Crippen LogP contribution in [0.1, 0.15) is 24.3 Å². The molecule has 1 aliphatic carbocycles. The smallest absolute Gasteiger partial charge is 0.143 e. The number of hydrogen-bond acceptors (Lipinski definition) is 4. The number of hydrogen-bond donors (Lipinski definition) is 2. The van der Waals surface area contributed by atoms with Crippen LogP contribution in [0.15, 0.2) is 18.3 Å². The van der Waals surface area contributed by atoms with Crippen LogP contribution in [0.25, 0.3) is 0 Å². The SMILES string of the molecule is O=C1C[C@@H](O)[C@H](O)C[C@@H]1c1ccc(Cl)nc1. The van der Waals surface area contributed by atoms with Crippen LogP contribution >= 0.6 is 11.6 Å². The molecule has 1 fully saturated rings. The number of pyridine rings is 1. The second kappa shape index (κ2) is 4.49. The van der Waals surface area contributed by atoms with E-state index in [1.165, 1.54) is 6.20 Å². The maximum Gasteiger partial charge on any atom is 0.143 e. The third kappa shape index (κ3) is 2.24. The van der Waals surface area contributed by atoms with Crippen LogP contribution in [-0.4, -0.2) is 33.2 Å². The van der Waals surface area contributed by atoms with Crippen molar-refractivity contribution in [3.8, 4) is 0 Å². The Kier molecular flexibility index (Phi) is 3.23. The number of carbonyl (C=O) groups excluding carboxylic acids is 1. The summed E-state index contributed by atoms with van der Waals surface area (Å²) in [6, 6.07) is 3.34. The minimum absolute atomic E-state index is 0.00550. The fourth-order valence-corrected chi connectivity index (χ4v) is 2.04. The molecule has 0 spiro atoms. The Morgan fingerprint density at radius 1 is 1.31 bits per heavy atom. The molecule has 5 heteroatoms. The molecule has 2 rings (SSSR count). The second-order valence-electron chi connectivity index (χ2n) is 4.01. The third-order valence-electron chi connectivity index (χ3n) is 2.87. The summed E-state index contributed by atoms with van der Waals surface area (Å²) >= 11 is 5.65. The van der Waals surface area contributed by atoms with Crippen molar-refractivity contribution in [3.63, 3.8) is 0 Å². The summed E-state index contributed by atoms with van der Waals surface area (Å²) < 4.78 is 0. The maximum absolute atomic E-state index is 11.7. The average Bonchev–Trinajstić information content (AvgIpc) is 2.25. The van der Waals surface area contributed by atoms with E-state index < -0.39 is 12.2 Å². The number of carbonyl (C=O) groups is 1. The van der Waals surface area contributed by atoms with Crippen LogP contribution in [0.3, 0.4) is 0 Å². The van der Waals surface area contributed by atoms with Gasteiger partial charge in [-0.3, -0.25) is 4.79 Å². The zero-order chi connectivity index (χ0) is 11.7. The predicted octanol–water partition coefficient (Wildman–Crippen LogP) is 0.903. The van der Waals surface area contributed by atoms with E-state index >= 15 is 0 Å². The molecule has 0 aromatic carbocycles. The van der Waals surface area contributed by atoms with Crippen LogP contribution in [0.5, 0.6) is 0 Å². The van der Waals surface area contributed by atoms with Gasteiger partial charge in [-0.2, -0.15) is 0 Å². The molecule has 86 valence electrons. The number of aliphatic hydroxyl groups is 2. The highest BCUT2D eigenvalue weighted by atomic mass is 35.5. The summed E-state index contributed by atoms with van der Waals surface area (Å²) in [6.45, 7) is 0. The Hall–Kier alpha value is -0.970. The molecule has 0 saturated heterocycles. The minimum atomic E-state index is -0.941. The monoisotopic (exact) mass is 241 g/mol. The zero-order valence-corrected chi connectivity index (χ0v) is 9.26. The van der Waals surface area contributed by atoms with Crippen molar-refractivity contribution in [3.05, 3.63) is 29.0 Å². The van der Waals surface area contributed by atoms with Crippen molar-refractivity contribution in [1.29, 1.82) is 0 Å². The first-order valence-electron chi connectivity index (χ1n) is 5.08. The number of halogens is 1. The van der Waals surface area contributed by atoms with E-state index in [0.717, 1.165) is 5.56 Å². The van der Waals surface area contributed by atoms with Crippen molar-refractivity contribution < 1.29 is 15.0 Å². The predicted molar refractivity (Wildman–Crippen MR) is 58.2 cm³/mol. The number of nitrogens with zero attached hydrogens (tertiary/aromatic N) is 1. The summed E-state index contributed by atoms with van der Waals surface area (Å²) in [4.78, 5) is 15.6. The summed E-state index contributed by atoms with van der Waals surface area (Å²) in [6.07, 6.45) is -0.0185. The first kappa shape index (κ1) is 11.5. The maximum atomic E-state index is 11.7. The summed E-state index contributed by atoms with van der Waals surface area (Å²) in [7, 11) is 0. The van der Waals surface area contributed by atoms with Crippen molar-refractivity contribution in [2.75, 3.05) is 0 Å². The van der Waals surface area contributed by atoms with Gasteiger partial charge in [-0.25, -0.2) is 4.98 Å². The molecule has 1 aromatic heterocycles. The normalized spacial score (nSPS) is 30.4. The molecule has 0 aliphatic heterocycles. The highest BCUT2D eigenvalue weighted by Gasteiger charge is 2.34. The number of ketones is 1. The van der Waals surface area contributed by atoms with Gasteiger partial charge in [-0.15, -0.1) is 0 Å². The lowest BCUT2D eigenvalue weighted by Crippen LogP contribution is -2.38. The first-order valence-corrected chi connectivity index (χ1v) is 5.46. The van der Waals surface area contributed by atoms with Gasteiger partial charge in [0.1, 0.15) is 10.9 Å². The quantitative estimate of drug-likeness (QED) is 0.717. The van der Waals surface area contributed by atoms with Gasteiger partial charge < -0.3 is 10.2 Å². The second-order valence-corrected chi connectivity index (χ2v) is 4.39. The molecule has 4 nitrogen and oxygen atoms in total. The molecule has 0 amide bonds. The topological polar surface area (TPSA) is 70.4 Å². The molecule has 16 heavy (non-hydrogen) atoms. The van der Waals surface area contributed by atoms with E-state index in [-0.39, 0.29) is 24.5 Å². The molecule has 1 saturated carbocycles. The van der Waals surface area contributed by atoms with Gasteiger partial charge in [-0.05, 0) is 18.1 Å². The van der Waals surface area contributed by atoms with Gasteiger partial charge in [-0.1, -0.05) is 17.7 Å². The minimum Gasteiger partial charge on any atom is -0.390 e. The molecule has 3 atom stereocenters. The summed E-state index contributed by atoms with van der Waals surface area (Å²) in [5.41, 5.74) is 0.736. The van der Waals surface area contributed by atoms with Crippen LogP contribution in [0.2, 0.25) is 5.15 Å². The first-order chi connectivity index (χ1) is 7.58. The molecule has 2 N–H and O–H groups in total. The Balaban J connectivity index is 2.20. The van der Waals surface area contributed by atoms with Crippen molar-refractivity contribution >= 4 is 17.4 Å². The Bertz CT molecular complexity index is 393. The molecule has 1 aromatic rings. The van der Waals surface area contributed by atoms with Crippen molar-refractivity contribution in [1.82, 2.24) is 4.98 Å². The van der Waals surface area contributed by atoms with Gasteiger partial charge in [0.2, 0.25) is 0 Å². The molecular formula is C11H12ClNO3. The van der Waals surface area contributed by atoms with Gasteiger partial charge >= 0.3 is 0 Å². The molecule has 1 aliphatic rings. The summed E-state index contributed by atoms with van der Waals surface area (Å²) in [5.74, 6) is -0.454. The van der Waals surface area contributed by atoms with E-state index in [1.54, 1.807) is 12.1 Å². The van der Waals surface area contributed by atoms with E-state index in [1.807, 2.05) is 0 Å². The van der Waals surface area contributed by atoms with Crippen molar-refractivity contribution in [2.24, 2.45) is 0 Å². The van der Waals surface area contributed by atoms with Crippen molar-refractivity contribution in [2.45, 2.75) is 31.0 Å². The number of Topliss-reactive ketones (excluding diaryl/α,β-unsaturated/α-hetero) is 1. The average molecular weight is 242 g/mol. The van der Waals surface area contributed by atoms with Crippen LogP contribution in [0.4, 0.5) is 0 Å². The van der Waals surface area contributed by atoms with Gasteiger partial charge in [0, 0.05) is 18.5 Å². The molecule has 0 unspecified atom stereocenters. The Morgan fingerprint density at radius 3 is 2.69 bits per heavy atom. The zero-order valence-electron chi connectivity index (χ0n) is 8.51. The van der Waals surface area contributed by atoms with Gasteiger partial charge in [0.05, 0.1) is 12.2 Å². The third-order valence-corrected chi connectivity index (χ3v) is 3.10. The van der Waals surface area contributed by atoms with E-state index in [0.29, 0.717) is 5.15 Å². The fourth-order valence-electron chi connectivity index (χ4n) is 1.93. The lowest BCUT2D eigenvalue weighted by molar-refractivity contribution is -0.129. The van der Waals surface area contributed by atoms with E-state index in [9.17, 15) is 15.0 Å². The number of rotatable bonds is 1. The van der Waals surface area contributed by atoms with Crippen LogP contribution in [0, 0.1) is 0 Å². The largest absolute Gasteiger partial charge is 0.390 e. The molecular weight excluding hydrogens is 230 g/mol. The standard InChI is InChI=1S/C11H12ClNO3/c12-11-2-1-6(5-13-11)7-3-9(15)10(16)4-8(7)14/h1-2,5,7,9-10,15-16H,3-4H2/t7-,9-,10-/m1/s1. The number of aromatic nitrogens is 1. The fraction of sp³-hybridized carbons (Fsp3) is 0.455. The Labute approximate surface area is 97.9 Å². The molecule has 1 heterocycles. The lowest BCUT2D eigenvalue weighted by Gasteiger charge is -2.28. The van der Waals surface area contributed by atoms with Gasteiger partial charge in [0.15, 0.2) is 0 Å². The highest BCUT2D eigenvalue weighted by Crippen LogP contribution is 2.30. The van der Waals surface area contributed by atoms with E-state index in [4.69, 9.17) is 11.6 Å². The number of aliphatic hydroxyl groups excluding tert-OH is 2. The molecule has 0 bridgehead atoms. The Morgan fingerprint density at radius 2 is 2.06 bits per heavy atom.